The SMILES string of the molecule is Cc1cc(C=C2C(=O)NC(=S)N(c3ccccc3F)C2=O)c(C)n1C. The minimum Gasteiger partial charge on any atom is -0.352 e. The van der Waals surface area contributed by atoms with Gasteiger partial charge in [-0.15, -0.1) is 0 Å². The third kappa shape index (κ3) is 2.87. The maximum atomic E-state index is 14.1. The van der Waals surface area contributed by atoms with Crippen LogP contribution in [0.15, 0.2) is 35.9 Å². The van der Waals surface area contributed by atoms with Crippen molar-refractivity contribution in [2.75, 3.05) is 4.90 Å². The van der Waals surface area contributed by atoms with E-state index in [1.54, 1.807) is 6.07 Å². The predicted molar refractivity (Wildman–Crippen MR) is 97.5 cm³/mol. The first-order valence-corrected chi connectivity index (χ1v) is 8.01. The van der Waals surface area contributed by atoms with Gasteiger partial charge in [0.15, 0.2) is 5.11 Å². The fourth-order valence-electron chi connectivity index (χ4n) is 2.70. The molecule has 0 atom stereocenters. The molecule has 128 valence electrons. The number of amides is 2. The van der Waals surface area contributed by atoms with Gasteiger partial charge < -0.3 is 4.57 Å². The van der Waals surface area contributed by atoms with Crippen molar-refractivity contribution < 1.29 is 14.0 Å². The van der Waals surface area contributed by atoms with E-state index in [9.17, 15) is 14.0 Å². The van der Waals surface area contributed by atoms with Gasteiger partial charge >= 0.3 is 0 Å². The monoisotopic (exact) mass is 357 g/mol. The molecule has 1 aliphatic rings. The zero-order valence-electron chi connectivity index (χ0n) is 14.0. The van der Waals surface area contributed by atoms with Gasteiger partial charge in [-0.05, 0) is 55.9 Å². The number of thiocarbonyl (C=S) groups is 1. The van der Waals surface area contributed by atoms with Gasteiger partial charge in [-0.25, -0.2) is 9.29 Å². The Morgan fingerprint density at radius 3 is 2.48 bits per heavy atom. The van der Waals surface area contributed by atoms with Crippen LogP contribution in [0.5, 0.6) is 0 Å². The van der Waals surface area contributed by atoms with Gasteiger partial charge in [-0.3, -0.25) is 14.9 Å². The summed E-state index contributed by atoms with van der Waals surface area (Å²) in [4.78, 5) is 26.1. The molecule has 7 heteroatoms. The molecule has 25 heavy (non-hydrogen) atoms. The van der Waals surface area contributed by atoms with E-state index in [4.69, 9.17) is 12.2 Å². The first kappa shape index (κ1) is 17.0. The summed E-state index contributed by atoms with van der Waals surface area (Å²) in [6.45, 7) is 3.82. The van der Waals surface area contributed by atoms with Crippen molar-refractivity contribution in [1.29, 1.82) is 0 Å². The quantitative estimate of drug-likeness (QED) is 0.511. The molecular weight excluding hydrogens is 341 g/mol. The van der Waals surface area contributed by atoms with Crippen molar-refractivity contribution in [3.8, 4) is 0 Å². The van der Waals surface area contributed by atoms with Gasteiger partial charge in [-0.2, -0.15) is 0 Å². The Morgan fingerprint density at radius 1 is 1.20 bits per heavy atom. The number of rotatable bonds is 2. The number of carbonyl (C=O) groups excluding carboxylic acids is 2. The predicted octanol–water partition coefficient (Wildman–Crippen LogP) is 2.61. The van der Waals surface area contributed by atoms with E-state index in [0.717, 1.165) is 21.9 Å². The summed E-state index contributed by atoms with van der Waals surface area (Å²) >= 11 is 5.07. The van der Waals surface area contributed by atoms with E-state index >= 15 is 0 Å². The summed E-state index contributed by atoms with van der Waals surface area (Å²) in [6, 6.07) is 7.66. The van der Waals surface area contributed by atoms with Crippen LogP contribution in [0, 0.1) is 19.7 Å². The maximum Gasteiger partial charge on any atom is 0.270 e. The minimum atomic E-state index is -0.653. The highest BCUT2D eigenvalue weighted by Gasteiger charge is 2.35. The Bertz CT molecular complexity index is 946. The number of nitrogens with zero attached hydrogens (tertiary/aromatic N) is 2. The second-order valence-corrected chi connectivity index (χ2v) is 6.18. The van der Waals surface area contributed by atoms with E-state index in [2.05, 4.69) is 5.32 Å². The van der Waals surface area contributed by atoms with Crippen molar-refractivity contribution in [2.24, 2.45) is 7.05 Å². The Kier molecular flexibility index (Phi) is 4.26. The molecule has 1 aliphatic heterocycles. The average Bonchev–Trinajstić information content (AvgIpc) is 2.80. The number of anilines is 1. The van der Waals surface area contributed by atoms with E-state index in [1.165, 1.54) is 24.3 Å². The second-order valence-electron chi connectivity index (χ2n) is 5.79. The molecule has 3 rings (SSSR count). The molecular formula is C18H16FN3O2S. The maximum absolute atomic E-state index is 14.1. The van der Waals surface area contributed by atoms with Crippen LogP contribution in [0.2, 0.25) is 0 Å². The highest BCUT2D eigenvalue weighted by atomic mass is 32.1. The van der Waals surface area contributed by atoms with Crippen LogP contribution < -0.4 is 10.2 Å². The van der Waals surface area contributed by atoms with Crippen LogP contribution in [-0.4, -0.2) is 21.5 Å². The highest BCUT2D eigenvalue weighted by Crippen LogP contribution is 2.25. The van der Waals surface area contributed by atoms with E-state index in [-0.39, 0.29) is 16.4 Å². The molecule has 2 aromatic rings. The summed E-state index contributed by atoms with van der Waals surface area (Å²) < 4.78 is 16.1. The molecule has 0 saturated carbocycles. The van der Waals surface area contributed by atoms with E-state index in [0.29, 0.717) is 0 Å². The van der Waals surface area contributed by atoms with Crippen molar-refractivity contribution in [1.82, 2.24) is 9.88 Å². The molecule has 1 fully saturated rings. The third-order valence-corrected chi connectivity index (χ3v) is 4.59. The Morgan fingerprint density at radius 2 is 1.88 bits per heavy atom. The minimum absolute atomic E-state index is 0.00404. The lowest BCUT2D eigenvalue weighted by atomic mass is 10.1. The zero-order chi connectivity index (χ0) is 18.3. The number of para-hydroxylation sites is 1. The summed E-state index contributed by atoms with van der Waals surface area (Å²) in [5.41, 5.74) is 2.57. The molecule has 1 N–H and O–H groups in total. The lowest BCUT2D eigenvalue weighted by Gasteiger charge is -2.29. The Labute approximate surface area is 149 Å². The summed E-state index contributed by atoms with van der Waals surface area (Å²) in [5.74, 6) is -1.84. The van der Waals surface area contributed by atoms with Gasteiger partial charge in [-0.1, -0.05) is 12.1 Å². The van der Waals surface area contributed by atoms with Crippen LogP contribution in [0.3, 0.4) is 0 Å². The molecule has 0 radical (unpaired) electrons. The van der Waals surface area contributed by atoms with Gasteiger partial charge in [0.05, 0.1) is 5.69 Å². The second kappa shape index (κ2) is 6.25. The highest BCUT2D eigenvalue weighted by molar-refractivity contribution is 7.80. The molecule has 1 aromatic carbocycles. The first-order valence-electron chi connectivity index (χ1n) is 7.60. The number of aromatic nitrogens is 1. The number of hydrogen-bond acceptors (Lipinski definition) is 3. The van der Waals surface area contributed by atoms with Crippen molar-refractivity contribution in [3.63, 3.8) is 0 Å². The molecule has 2 heterocycles. The Balaban J connectivity index is 2.08. The van der Waals surface area contributed by atoms with Gasteiger partial charge in [0.25, 0.3) is 11.8 Å². The first-order chi connectivity index (χ1) is 11.8. The lowest BCUT2D eigenvalue weighted by molar-refractivity contribution is -0.122. The van der Waals surface area contributed by atoms with Crippen LogP contribution in [-0.2, 0) is 16.6 Å². The van der Waals surface area contributed by atoms with Crippen molar-refractivity contribution >= 4 is 40.9 Å². The number of carbonyl (C=O) groups is 2. The summed E-state index contributed by atoms with van der Waals surface area (Å²) in [5, 5.41) is 2.31. The smallest absolute Gasteiger partial charge is 0.270 e. The van der Waals surface area contributed by atoms with Crippen LogP contribution >= 0.6 is 12.2 Å². The standard InChI is InChI=1S/C18H16FN3O2S/c1-10-8-12(11(2)21(10)3)9-13-16(23)20-18(25)22(17(13)24)15-7-5-4-6-14(15)19/h4-9H,1-3H3,(H,20,23,25). The normalized spacial score (nSPS) is 16.6. The number of nitrogens with one attached hydrogen (secondary N) is 1. The number of hydrogen-bond donors (Lipinski definition) is 1. The molecule has 0 aliphatic carbocycles. The van der Waals surface area contributed by atoms with Gasteiger partial charge in [0.2, 0.25) is 0 Å². The molecule has 1 aromatic heterocycles. The summed E-state index contributed by atoms with van der Waals surface area (Å²) in [6.07, 6.45) is 1.51. The fourth-order valence-corrected chi connectivity index (χ4v) is 2.97. The third-order valence-electron chi connectivity index (χ3n) is 4.31. The molecule has 1 saturated heterocycles. The van der Waals surface area contributed by atoms with E-state index < -0.39 is 17.6 Å². The molecule has 0 unspecified atom stereocenters. The number of aryl methyl sites for hydroxylation is 1. The average molecular weight is 357 g/mol. The molecule has 0 bridgehead atoms. The van der Waals surface area contributed by atoms with Gasteiger partial charge in [0, 0.05) is 18.4 Å². The molecule has 0 spiro atoms. The van der Waals surface area contributed by atoms with E-state index in [1.807, 2.05) is 31.5 Å². The molecule has 2 amide bonds. The fraction of sp³-hybridized carbons (Fsp3) is 0.167. The van der Waals surface area contributed by atoms with Crippen LogP contribution in [0.25, 0.3) is 6.08 Å². The molecule has 5 nitrogen and oxygen atoms in total. The summed E-state index contributed by atoms with van der Waals surface area (Å²) in [7, 11) is 1.90. The van der Waals surface area contributed by atoms with Crippen LogP contribution in [0.4, 0.5) is 10.1 Å². The largest absolute Gasteiger partial charge is 0.352 e. The van der Waals surface area contributed by atoms with Crippen molar-refractivity contribution in [3.05, 3.63) is 58.7 Å². The van der Waals surface area contributed by atoms with Gasteiger partial charge in [0.1, 0.15) is 11.4 Å². The topological polar surface area (TPSA) is 54.3 Å². The van der Waals surface area contributed by atoms with Crippen LogP contribution in [0.1, 0.15) is 17.0 Å². The Hall–Kier alpha value is -2.80. The number of benzene rings is 1. The zero-order valence-corrected chi connectivity index (χ0v) is 14.8. The number of halogens is 1. The van der Waals surface area contributed by atoms with Crippen molar-refractivity contribution in [2.45, 2.75) is 13.8 Å². The lowest BCUT2D eigenvalue weighted by Crippen LogP contribution is -2.54.